The summed E-state index contributed by atoms with van der Waals surface area (Å²) in [5.74, 6) is 3.14. The monoisotopic (exact) mass is 460 g/mol. The third kappa shape index (κ3) is 4.52. The fourth-order valence-corrected chi connectivity index (χ4v) is 5.08. The van der Waals surface area contributed by atoms with E-state index < -0.39 is 0 Å². The molecule has 2 unspecified atom stereocenters. The fraction of sp³-hybridized carbons (Fsp3) is 0.500. The minimum Gasteiger partial charge on any atom is -0.489 e. The van der Waals surface area contributed by atoms with Crippen LogP contribution in [0.1, 0.15) is 61.0 Å². The Balaban J connectivity index is 1.29. The van der Waals surface area contributed by atoms with E-state index in [1.807, 2.05) is 37.4 Å². The van der Waals surface area contributed by atoms with Crippen LogP contribution in [0.5, 0.6) is 5.75 Å². The molecule has 2 aliphatic heterocycles. The molecular formula is C26H32N6O2. The summed E-state index contributed by atoms with van der Waals surface area (Å²) in [4.78, 5) is 9.69. The summed E-state index contributed by atoms with van der Waals surface area (Å²) in [5.41, 5.74) is 5.13. The van der Waals surface area contributed by atoms with Crippen LogP contribution in [0.15, 0.2) is 35.0 Å². The molecule has 0 radical (unpaired) electrons. The van der Waals surface area contributed by atoms with Gasteiger partial charge in [-0.1, -0.05) is 11.2 Å². The lowest BCUT2D eigenvalue weighted by molar-refractivity contribution is 0.167. The molecule has 2 atom stereocenters. The molecule has 2 aromatic heterocycles. The van der Waals surface area contributed by atoms with Crippen molar-refractivity contribution < 1.29 is 9.26 Å². The highest BCUT2D eigenvalue weighted by Gasteiger charge is 2.33. The van der Waals surface area contributed by atoms with Gasteiger partial charge in [0.15, 0.2) is 0 Å². The zero-order chi connectivity index (χ0) is 22.9. The standard InChI is InChI=1S/C26H32N6O2/c1-16-23(24(32-34-16)18-9-11-28-13-18)25-22(17-7-8-17)15-29-26(31-25)30-19-4-2-5-20(12-19)33-21-6-3-10-27-14-21/h2,4-5,12,15,17-18,21,27-28H,3,6-11,13-14H2,1H3,(H,29,30,31). The molecule has 0 amide bonds. The van der Waals surface area contributed by atoms with E-state index in [1.165, 1.54) is 18.4 Å². The van der Waals surface area contributed by atoms with Crippen LogP contribution in [-0.4, -0.2) is 47.4 Å². The summed E-state index contributed by atoms with van der Waals surface area (Å²) in [6.45, 7) is 5.89. The first-order valence-electron chi connectivity index (χ1n) is 12.5. The van der Waals surface area contributed by atoms with E-state index in [4.69, 9.17) is 14.2 Å². The third-order valence-electron chi connectivity index (χ3n) is 7.05. The zero-order valence-corrected chi connectivity index (χ0v) is 19.6. The number of rotatable bonds is 7. The Hall–Kier alpha value is -2.97. The van der Waals surface area contributed by atoms with Gasteiger partial charge in [0.2, 0.25) is 5.95 Å². The number of aromatic nitrogens is 3. The maximum absolute atomic E-state index is 6.19. The normalized spacial score (nSPS) is 22.6. The predicted octanol–water partition coefficient (Wildman–Crippen LogP) is 4.27. The Bertz CT molecular complexity index is 1150. The molecule has 178 valence electrons. The Kier molecular flexibility index (Phi) is 5.93. The second-order valence-corrected chi connectivity index (χ2v) is 9.70. The number of benzene rings is 1. The summed E-state index contributed by atoms with van der Waals surface area (Å²) in [6.07, 6.45) is 7.86. The van der Waals surface area contributed by atoms with Crippen LogP contribution in [-0.2, 0) is 0 Å². The van der Waals surface area contributed by atoms with E-state index in [1.54, 1.807) is 0 Å². The van der Waals surface area contributed by atoms with E-state index in [0.29, 0.717) is 17.8 Å². The van der Waals surface area contributed by atoms with Gasteiger partial charge in [-0.2, -0.15) is 0 Å². The Morgan fingerprint density at radius 3 is 2.76 bits per heavy atom. The van der Waals surface area contributed by atoms with E-state index in [0.717, 1.165) is 79.6 Å². The number of nitrogens with one attached hydrogen (secondary N) is 3. The second-order valence-electron chi connectivity index (χ2n) is 9.70. The van der Waals surface area contributed by atoms with Gasteiger partial charge >= 0.3 is 0 Å². The summed E-state index contributed by atoms with van der Waals surface area (Å²) in [7, 11) is 0. The largest absolute Gasteiger partial charge is 0.489 e. The number of anilines is 2. The van der Waals surface area contributed by atoms with Crippen LogP contribution in [0, 0.1) is 6.92 Å². The smallest absolute Gasteiger partial charge is 0.227 e. The summed E-state index contributed by atoms with van der Waals surface area (Å²) in [5, 5.41) is 14.7. The van der Waals surface area contributed by atoms with Crippen LogP contribution in [0.2, 0.25) is 0 Å². The second kappa shape index (κ2) is 9.35. The van der Waals surface area contributed by atoms with Crippen LogP contribution in [0.3, 0.4) is 0 Å². The predicted molar refractivity (Wildman–Crippen MR) is 131 cm³/mol. The van der Waals surface area contributed by atoms with E-state index in [-0.39, 0.29) is 6.10 Å². The molecule has 3 fully saturated rings. The van der Waals surface area contributed by atoms with Crippen molar-refractivity contribution in [2.45, 2.75) is 57.0 Å². The molecule has 4 heterocycles. The van der Waals surface area contributed by atoms with Crippen LogP contribution < -0.4 is 20.7 Å². The molecule has 2 saturated heterocycles. The lowest BCUT2D eigenvalue weighted by atomic mass is 9.95. The van der Waals surface area contributed by atoms with Gasteiger partial charge in [0, 0.05) is 42.5 Å². The van der Waals surface area contributed by atoms with Crippen molar-refractivity contribution in [1.82, 2.24) is 25.8 Å². The highest BCUT2D eigenvalue weighted by molar-refractivity contribution is 5.71. The zero-order valence-electron chi connectivity index (χ0n) is 19.6. The molecule has 3 aromatic rings. The minimum atomic E-state index is 0.213. The number of ether oxygens (including phenoxy) is 1. The molecule has 6 rings (SSSR count). The van der Waals surface area contributed by atoms with Gasteiger partial charge in [0.25, 0.3) is 0 Å². The van der Waals surface area contributed by atoms with Crippen molar-refractivity contribution in [3.63, 3.8) is 0 Å². The van der Waals surface area contributed by atoms with Crippen molar-refractivity contribution in [1.29, 1.82) is 0 Å². The maximum atomic E-state index is 6.19. The summed E-state index contributed by atoms with van der Waals surface area (Å²) >= 11 is 0. The summed E-state index contributed by atoms with van der Waals surface area (Å²) in [6, 6.07) is 8.05. The quantitative estimate of drug-likeness (QED) is 0.481. The van der Waals surface area contributed by atoms with Crippen molar-refractivity contribution >= 4 is 11.6 Å². The average Bonchev–Trinajstić information content (AvgIpc) is 3.40. The Morgan fingerprint density at radius 1 is 1.06 bits per heavy atom. The molecule has 34 heavy (non-hydrogen) atoms. The lowest BCUT2D eigenvalue weighted by Crippen LogP contribution is -2.37. The minimum absolute atomic E-state index is 0.213. The average molecular weight is 461 g/mol. The first-order valence-corrected chi connectivity index (χ1v) is 12.5. The molecule has 1 aromatic carbocycles. The Labute approximate surface area is 199 Å². The first kappa shape index (κ1) is 21.6. The van der Waals surface area contributed by atoms with Gasteiger partial charge < -0.3 is 25.2 Å². The molecule has 3 N–H and O–H groups in total. The molecular weight excluding hydrogens is 428 g/mol. The molecule has 8 nitrogen and oxygen atoms in total. The highest BCUT2D eigenvalue weighted by Crippen LogP contribution is 2.46. The number of aryl methyl sites for hydroxylation is 1. The highest BCUT2D eigenvalue weighted by atomic mass is 16.5. The molecule has 1 aliphatic carbocycles. The van der Waals surface area contributed by atoms with Crippen molar-refractivity contribution in [2.75, 3.05) is 31.5 Å². The number of nitrogens with zero attached hydrogens (tertiary/aromatic N) is 3. The fourth-order valence-electron chi connectivity index (χ4n) is 5.08. The SMILES string of the molecule is Cc1onc(C2CCNC2)c1-c1nc(Nc2cccc(OC3CCCNC3)c2)ncc1C1CC1. The van der Waals surface area contributed by atoms with Gasteiger partial charge in [-0.15, -0.1) is 0 Å². The number of piperidine rings is 1. The van der Waals surface area contributed by atoms with Gasteiger partial charge in [0.05, 0.1) is 17.0 Å². The van der Waals surface area contributed by atoms with Crippen LogP contribution in [0.4, 0.5) is 11.6 Å². The Morgan fingerprint density at radius 2 is 1.97 bits per heavy atom. The first-order chi connectivity index (χ1) is 16.7. The molecule has 0 spiro atoms. The molecule has 1 saturated carbocycles. The number of hydrogen-bond donors (Lipinski definition) is 3. The van der Waals surface area contributed by atoms with Gasteiger partial charge in [-0.05, 0) is 70.2 Å². The van der Waals surface area contributed by atoms with Crippen LogP contribution in [0.25, 0.3) is 11.3 Å². The van der Waals surface area contributed by atoms with E-state index in [2.05, 4.69) is 26.1 Å². The lowest BCUT2D eigenvalue weighted by Gasteiger charge is -2.24. The topological polar surface area (TPSA) is 97.1 Å². The molecule has 8 heteroatoms. The van der Waals surface area contributed by atoms with E-state index in [9.17, 15) is 0 Å². The van der Waals surface area contributed by atoms with Crippen molar-refractivity contribution in [3.05, 3.63) is 47.5 Å². The maximum Gasteiger partial charge on any atom is 0.227 e. The number of hydrogen-bond acceptors (Lipinski definition) is 8. The molecule has 0 bridgehead atoms. The van der Waals surface area contributed by atoms with Gasteiger partial charge in [-0.3, -0.25) is 0 Å². The van der Waals surface area contributed by atoms with Crippen molar-refractivity contribution in [2.24, 2.45) is 0 Å². The van der Waals surface area contributed by atoms with Gasteiger partial charge in [0.1, 0.15) is 17.6 Å². The van der Waals surface area contributed by atoms with E-state index >= 15 is 0 Å². The van der Waals surface area contributed by atoms with Crippen molar-refractivity contribution in [3.8, 4) is 17.0 Å². The summed E-state index contributed by atoms with van der Waals surface area (Å²) < 4.78 is 11.9. The van der Waals surface area contributed by atoms with Gasteiger partial charge in [-0.25, -0.2) is 9.97 Å². The third-order valence-corrected chi connectivity index (χ3v) is 7.05. The molecule has 3 aliphatic rings. The van der Waals surface area contributed by atoms with Crippen LogP contribution >= 0.6 is 0 Å².